The number of benzene rings is 1. The Kier molecular flexibility index (Phi) is 2.45. The molecule has 0 saturated heterocycles. The summed E-state index contributed by atoms with van der Waals surface area (Å²) >= 11 is 0. The van der Waals surface area contributed by atoms with Gasteiger partial charge in [0, 0.05) is 6.07 Å². The Morgan fingerprint density at radius 2 is 2.47 bits per heavy atom. The van der Waals surface area contributed by atoms with E-state index >= 15 is 0 Å². The third-order valence-electron chi connectivity index (χ3n) is 2.16. The SMILES string of the molecule is COC(=O)C1COc2ccc(F)cc2N1. The number of halogens is 1. The van der Waals surface area contributed by atoms with Crippen molar-refractivity contribution in [3.05, 3.63) is 24.0 Å². The minimum absolute atomic E-state index is 0.186. The second kappa shape index (κ2) is 3.76. The van der Waals surface area contributed by atoms with Crippen molar-refractivity contribution in [2.75, 3.05) is 19.0 Å². The fraction of sp³-hybridized carbons (Fsp3) is 0.300. The zero-order chi connectivity index (χ0) is 10.8. The van der Waals surface area contributed by atoms with Crippen LogP contribution in [-0.2, 0) is 9.53 Å². The first-order valence-electron chi connectivity index (χ1n) is 4.47. The molecule has 1 aliphatic heterocycles. The Bertz CT molecular complexity index is 394. The predicted molar refractivity (Wildman–Crippen MR) is 51.3 cm³/mol. The van der Waals surface area contributed by atoms with Gasteiger partial charge in [0.05, 0.1) is 12.8 Å². The summed E-state index contributed by atoms with van der Waals surface area (Å²) in [6.45, 7) is 0.186. The van der Waals surface area contributed by atoms with E-state index in [-0.39, 0.29) is 12.4 Å². The summed E-state index contributed by atoms with van der Waals surface area (Å²) < 4.78 is 22.7. The summed E-state index contributed by atoms with van der Waals surface area (Å²) in [7, 11) is 1.30. The molecule has 0 saturated carbocycles. The quantitative estimate of drug-likeness (QED) is 0.708. The molecule has 1 atom stereocenters. The van der Waals surface area contributed by atoms with Gasteiger partial charge in [0.2, 0.25) is 0 Å². The van der Waals surface area contributed by atoms with Gasteiger partial charge in [-0.15, -0.1) is 0 Å². The number of rotatable bonds is 1. The van der Waals surface area contributed by atoms with E-state index in [4.69, 9.17) is 4.74 Å². The molecular formula is C10H10FNO3. The molecule has 4 nitrogen and oxygen atoms in total. The Labute approximate surface area is 86.0 Å². The van der Waals surface area contributed by atoms with Crippen LogP contribution in [0.1, 0.15) is 0 Å². The summed E-state index contributed by atoms with van der Waals surface area (Å²) in [5.74, 6) is -0.267. The number of anilines is 1. The molecule has 0 radical (unpaired) electrons. The zero-order valence-corrected chi connectivity index (χ0v) is 8.12. The number of carbonyl (C=O) groups is 1. The molecule has 2 rings (SSSR count). The first-order valence-corrected chi connectivity index (χ1v) is 4.47. The lowest BCUT2D eigenvalue weighted by molar-refractivity contribution is -0.142. The van der Waals surface area contributed by atoms with E-state index < -0.39 is 12.0 Å². The van der Waals surface area contributed by atoms with Crippen molar-refractivity contribution in [2.45, 2.75) is 6.04 Å². The third-order valence-corrected chi connectivity index (χ3v) is 2.16. The molecule has 80 valence electrons. The molecule has 1 aromatic carbocycles. The third kappa shape index (κ3) is 1.86. The minimum atomic E-state index is -0.579. The smallest absolute Gasteiger partial charge is 0.331 e. The molecule has 1 unspecified atom stereocenters. The van der Waals surface area contributed by atoms with E-state index in [0.717, 1.165) is 0 Å². The highest BCUT2D eigenvalue weighted by molar-refractivity contribution is 5.81. The first kappa shape index (κ1) is 9.76. The fourth-order valence-electron chi connectivity index (χ4n) is 1.41. The van der Waals surface area contributed by atoms with E-state index in [9.17, 15) is 9.18 Å². The van der Waals surface area contributed by atoms with E-state index in [1.54, 1.807) is 0 Å². The van der Waals surface area contributed by atoms with Gasteiger partial charge in [-0.25, -0.2) is 9.18 Å². The summed E-state index contributed by atoms with van der Waals surface area (Å²) in [6, 6.07) is 3.53. The molecule has 15 heavy (non-hydrogen) atoms. The Balaban J connectivity index is 2.22. The van der Waals surface area contributed by atoms with Crippen molar-refractivity contribution in [3.63, 3.8) is 0 Å². The van der Waals surface area contributed by atoms with E-state index in [2.05, 4.69) is 10.1 Å². The van der Waals surface area contributed by atoms with Crippen LogP contribution < -0.4 is 10.1 Å². The maximum atomic E-state index is 12.9. The zero-order valence-electron chi connectivity index (χ0n) is 8.12. The van der Waals surface area contributed by atoms with Crippen LogP contribution >= 0.6 is 0 Å². The lowest BCUT2D eigenvalue weighted by Crippen LogP contribution is -2.39. The van der Waals surface area contributed by atoms with Crippen LogP contribution in [0.15, 0.2) is 18.2 Å². The van der Waals surface area contributed by atoms with Gasteiger partial charge >= 0.3 is 5.97 Å². The van der Waals surface area contributed by atoms with E-state index in [1.165, 1.54) is 25.3 Å². The maximum absolute atomic E-state index is 12.9. The molecular weight excluding hydrogens is 201 g/mol. The van der Waals surface area contributed by atoms with Gasteiger partial charge in [-0.2, -0.15) is 0 Å². The van der Waals surface area contributed by atoms with Crippen molar-refractivity contribution in [1.29, 1.82) is 0 Å². The molecule has 1 heterocycles. The molecule has 0 aliphatic carbocycles. The molecule has 1 N–H and O–H groups in total. The van der Waals surface area contributed by atoms with Crippen LogP contribution in [0.25, 0.3) is 0 Å². The average molecular weight is 211 g/mol. The van der Waals surface area contributed by atoms with Crippen LogP contribution in [0.4, 0.5) is 10.1 Å². The highest BCUT2D eigenvalue weighted by atomic mass is 19.1. The van der Waals surface area contributed by atoms with E-state index in [0.29, 0.717) is 11.4 Å². The van der Waals surface area contributed by atoms with Crippen molar-refractivity contribution in [2.24, 2.45) is 0 Å². The monoisotopic (exact) mass is 211 g/mol. The van der Waals surface area contributed by atoms with Crippen LogP contribution in [0.2, 0.25) is 0 Å². The van der Waals surface area contributed by atoms with Gasteiger partial charge in [-0.05, 0) is 12.1 Å². The van der Waals surface area contributed by atoms with Crippen molar-refractivity contribution < 1.29 is 18.7 Å². The second-order valence-electron chi connectivity index (χ2n) is 3.17. The number of carbonyl (C=O) groups excluding carboxylic acids is 1. The second-order valence-corrected chi connectivity index (χ2v) is 3.17. The van der Waals surface area contributed by atoms with E-state index in [1.807, 2.05) is 0 Å². The number of esters is 1. The largest absolute Gasteiger partial charge is 0.489 e. The topological polar surface area (TPSA) is 47.6 Å². The van der Waals surface area contributed by atoms with Gasteiger partial charge in [0.15, 0.2) is 6.04 Å². The van der Waals surface area contributed by atoms with Crippen molar-refractivity contribution >= 4 is 11.7 Å². The lowest BCUT2D eigenvalue weighted by atomic mass is 10.2. The molecule has 0 amide bonds. The molecule has 0 spiro atoms. The molecule has 1 aromatic rings. The number of hydrogen-bond acceptors (Lipinski definition) is 4. The number of hydrogen-bond donors (Lipinski definition) is 1. The standard InChI is InChI=1S/C10H10FNO3/c1-14-10(13)8-5-15-9-3-2-6(11)4-7(9)12-8/h2-4,8,12H,5H2,1H3. The van der Waals surface area contributed by atoms with Crippen LogP contribution in [-0.4, -0.2) is 25.7 Å². The summed E-state index contributed by atoms with van der Waals surface area (Å²) in [4.78, 5) is 11.2. The number of nitrogens with one attached hydrogen (secondary N) is 1. The van der Waals surface area contributed by atoms with Crippen molar-refractivity contribution in [1.82, 2.24) is 0 Å². The number of methoxy groups -OCH3 is 1. The van der Waals surface area contributed by atoms with Crippen LogP contribution in [0.3, 0.4) is 0 Å². The molecule has 5 heteroatoms. The number of ether oxygens (including phenoxy) is 2. The molecule has 0 bridgehead atoms. The normalized spacial score (nSPS) is 18.4. The summed E-state index contributed by atoms with van der Waals surface area (Å²) in [5.41, 5.74) is 0.469. The summed E-state index contributed by atoms with van der Waals surface area (Å²) in [6.07, 6.45) is 0. The average Bonchev–Trinajstić information content (AvgIpc) is 2.27. The summed E-state index contributed by atoms with van der Waals surface area (Å²) in [5, 5.41) is 2.85. The Morgan fingerprint density at radius 3 is 3.20 bits per heavy atom. The van der Waals surface area contributed by atoms with Crippen LogP contribution in [0, 0.1) is 5.82 Å². The maximum Gasteiger partial charge on any atom is 0.331 e. The van der Waals surface area contributed by atoms with Gasteiger partial charge in [-0.3, -0.25) is 0 Å². The first-order chi connectivity index (χ1) is 7.20. The predicted octanol–water partition coefficient (Wildman–Crippen LogP) is 1.17. The van der Waals surface area contributed by atoms with Gasteiger partial charge in [0.1, 0.15) is 18.2 Å². The highest BCUT2D eigenvalue weighted by Crippen LogP contribution is 2.29. The van der Waals surface area contributed by atoms with Gasteiger partial charge < -0.3 is 14.8 Å². The molecule has 0 aromatic heterocycles. The highest BCUT2D eigenvalue weighted by Gasteiger charge is 2.25. The molecule has 1 aliphatic rings. The Morgan fingerprint density at radius 1 is 1.67 bits per heavy atom. The minimum Gasteiger partial charge on any atom is -0.489 e. The number of fused-ring (bicyclic) bond motifs is 1. The lowest BCUT2D eigenvalue weighted by Gasteiger charge is -2.25. The van der Waals surface area contributed by atoms with Gasteiger partial charge in [0.25, 0.3) is 0 Å². The van der Waals surface area contributed by atoms with Crippen LogP contribution in [0.5, 0.6) is 5.75 Å². The van der Waals surface area contributed by atoms with Crippen molar-refractivity contribution in [3.8, 4) is 5.75 Å². The van der Waals surface area contributed by atoms with Gasteiger partial charge in [-0.1, -0.05) is 0 Å². The Hall–Kier alpha value is -1.78. The fourth-order valence-corrected chi connectivity index (χ4v) is 1.41. The molecule has 0 fully saturated rings.